The highest BCUT2D eigenvalue weighted by molar-refractivity contribution is 7.10. The molecule has 0 bridgehead atoms. The third kappa shape index (κ3) is 3.06. The molecule has 3 nitrogen and oxygen atoms in total. The Morgan fingerprint density at radius 2 is 2.10 bits per heavy atom. The molecular weight excluding hydrogens is 280 g/mol. The first-order valence-electron chi connectivity index (χ1n) is 7.89. The quantitative estimate of drug-likeness (QED) is 0.850. The van der Waals surface area contributed by atoms with Gasteiger partial charge in [0, 0.05) is 22.5 Å². The number of nitrogens with one attached hydrogen (secondary N) is 1. The molecule has 114 valence electrons. The zero-order valence-corrected chi connectivity index (χ0v) is 13.9. The van der Waals surface area contributed by atoms with Gasteiger partial charge in [-0.05, 0) is 51.0 Å². The third-order valence-electron chi connectivity index (χ3n) is 4.67. The Morgan fingerprint density at radius 3 is 2.67 bits per heavy atom. The lowest BCUT2D eigenvalue weighted by atomic mass is 9.94. The highest BCUT2D eigenvalue weighted by Crippen LogP contribution is 2.39. The molecule has 1 N–H and O–H groups in total. The second-order valence-electron chi connectivity index (χ2n) is 6.16. The van der Waals surface area contributed by atoms with Crippen LogP contribution in [0.4, 0.5) is 0 Å². The number of thiophene rings is 1. The SMILES string of the molecule is Cc1noc(C)c1C(C)NC(c1cccs1)C1CCCC1. The van der Waals surface area contributed by atoms with E-state index in [0.29, 0.717) is 6.04 Å². The molecule has 3 rings (SSSR count). The minimum atomic E-state index is 0.268. The molecule has 0 aromatic carbocycles. The summed E-state index contributed by atoms with van der Waals surface area (Å²) < 4.78 is 5.33. The van der Waals surface area contributed by atoms with Gasteiger partial charge in [0.25, 0.3) is 0 Å². The standard InChI is InChI=1S/C17H24N2OS/c1-11(16-12(2)19-20-13(16)3)18-17(14-7-4-5-8-14)15-9-6-10-21-15/h6,9-11,14,17-18H,4-5,7-8H2,1-3H3. The first-order chi connectivity index (χ1) is 10.2. The summed E-state index contributed by atoms with van der Waals surface area (Å²) in [5.41, 5.74) is 2.22. The van der Waals surface area contributed by atoms with Gasteiger partial charge in [0.15, 0.2) is 0 Å². The summed E-state index contributed by atoms with van der Waals surface area (Å²) in [6.07, 6.45) is 5.41. The lowest BCUT2D eigenvalue weighted by molar-refractivity contribution is 0.339. The summed E-state index contributed by atoms with van der Waals surface area (Å²) in [5, 5.41) is 10.1. The third-order valence-corrected chi connectivity index (χ3v) is 5.63. The lowest BCUT2D eigenvalue weighted by Gasteiger charge is -2.27. The first-order valence-corrected chi connectivity index (χ1v) is 8.77. The van der Waals surface area contributed by atoms with E-state index >= 15 is 0 Å². The van der Waals surface area contributed by atoms with Crippen LogP contribution in [0, 0.1) is 19.8 Å². The van der Waals surface area contributed by atoms with Gasteiger partial charge in [-0.25, -0.2) is 0 Å². The van der Waals surface area contributed by atoms with Crippen molar-refractivity contribution in [3.05, 3.63) is 39.4 Å². The number of hydrogen-bond donors (Lipinski definition) is 1. The van der Waals surface area contributed by atoms with E-state index in [2.05, 4.69) is 34.9 Å². The van der Waals surface area contributed by atoms with Crippen LogP contribution in [0.25, 0.3) is 0 Å². The average molecular weight is 304 g/mol. The molecule has 1 aliphatic rings. The number of aromatic nitrogens is 1. The molecule has 0 radical (unpaired) electrons. The molecule has 2 unspecified atom stereocenters. The molecule has 2 atom stereocenters. The van der Waals surface area contributed by atoms with Gasteiger partial charge in [0.1, 0.15) is 5.76 Å². The number of nitrogens with zero attached hydrogens (tertiary/aromatic N) is 1. The second-order valence-corrected chi connectivity index (χ2v) is 7.14. The van der Waals surface area contributed by atoms with Crippen molar-refractivity contribution >= 4 is 11.3 Å². The van der Waals surface area contributed by atoms with Crippen molar-refractivity contribution in [2.45, 2.75) is 58.5 Å². The summed E-state index contributed by atoms with van der Waals surface area (Å²) in [4.78, 5) is 1.46. The van der Waals surface area contributed by atoms with Gasteiger partial charge in [-0.2, -0.15) is 0 Å². The van der Waals surface area contributed by atoms with Gasteiger partial charge in [0.05, 0.1) is 5.69 Å². The zero-order chi connectivity index (χ0) is 14.8. The lowest BCUT2D eigenvalue weighted by Crippen LogP contribution is -2.29. The normalized spacial score (nSPS) is 19.0. The summed E-state index contributed by atoms with van der Waals surface area (Å²) in [6.45, 7) is 6.26. The van der Waals surface area contributed by atoms with Crippen LogP contribution in [0.5, 0.6) is 0 Å². The summed E-state index contributed by atoms with van der Waals surface area (Å²) in [5.74, 6) is 1.69. The smallest absolute Gasteiger partial charge is 0.138 e. The van der Waals surface area contributed by atoms with E-state index in [1.54, 1.807) is 0 Å². The summed E-state index contributed by atoms with van der Waals surface area (Å²) >= 11 is 1.86. The summed E-state index contributed by atoms with van der Waals surface area (Å²) in [6, 6.07) is 5.14. The van der Waals surface area contributed by atoms with E-state index in [0.717, 1.165) is 17.4 Å². The van der Waals surface area contributed by atoms with Crippen LogP contribution >= 0.6 is 11.3 Å². The fourth-order valence-electron chi connectivity index (χ4n) is 3.67. The van der Waals surface area contributed by atoms with Crippen LogP contribution in [0.15, 0.2) is 22.0 Å². The highest BCUT2D eigenvalue weighted by Gasteiger charge is 2.29. The van der Waals surface area contributed by atoms with E-state index in [9.17, 15) is 0 Å². The van der Waals surface area contributed by atoms with Crippen LogP contribution in [0.1, 0.15) is 66.6 Å². The number of hydrogen-bond acceptors (Lipinski definition) is 4. The Labute approximate surface area is 130 Å². The molecule has 1 saturated carbocycles. The van der Waals surface area contributed by atoms with E-state index in [1.807, 2.05) is 25.2 Å². The van der Waals surface area contributed by atoms with E-state index in [-0.39, 0.29) is 6.04 Å². The Hall–Kier alpha value is -1.13. The molecule has 1 aliphatic carbocycles. The molecule has 2 aromatic heterocycles. The fraction of sp³-hybridized carbons (Fsp3) is 0.588. The summed E-state index contributed by atoms with van der Waals surface area (Å²) in [7, 11) is 0. The highest BCUT2D eigenvalue weighted by atomic mass is 32.1. The van der Waals surface area contributed by atoms with Crippen LogP contribution in [0.3, 0.4) is 0 Å². The Kier molecular flexibility index (Phi) is 4.45. The number of rotatable bonds is 5. The van der Waals surface area contributed by atoms with Gasteiger partial charge in [-0.15, -0.1) is 11.3 Å². The van der Waals surface area contributed by atoms with Crippen LogP contribution < -0.4 is 5.32 Å². The molecule has 0 aliphatic heterocycles. The van der Waals surface area contributed by atoms with E-state index < -0.39 is 0 Å². The van der Waals surface area contributed by atoms with Crippen LogP contribution in [-0.4, -0.2) is 5.16 Å². The number of aryl methyl sites for hydroxylation is 2. The molecule has 1 fully saturated rings. The largest absolute Gasteiger partial charge is 0.361 e. The molecule has 0 saturated heterocycles. The van der Waals surface area contributed by atoms with Crippen molar-refractivity contribution < 1.29 is 4.52 Å². The minimum Gasteiger partial charge on any atom is -0.361 e. The molecule has 0 amide bonds. The van der Waals surface area contributed by atoms with Crippen molar-refractivity contribution in [2.75, 3.05) is 0 Å². The maximum absolute atomic E-state index is 5.33. The van der Waals surface area contributed by atoms with Crippen molar-refractivity contribution in [2.24, 2.45) is 5.92 Å². The van der Waals surface area contributed by atoms with Gasteiger partial charge < -0.3 is 9.84 Å². The average Bonchev–Trinajstić information content (AvgIpc) is 3.18. The Morgan fingerprint density at radius 1 is 1.33 bits per heavy atom. The molecule has 4 heteroatoms. The molecule has 2 heterocycles. The minimum absolute atomic E-state index is 0.268. The maximum Gasteiger partial charge on any atom is 0.138 e. The second kappa shape index (κ2) is 6.32. The predicted octanol–water partition coefficient (Wildman–Crippen LogP) is 4.94. The Bertz CT molecular complexity index is 550. The molecule has 0 spiro atoms. The molecule has 21 heavy (non-hydrogen) atoms. The Balaban J connectivity index is 1.81. The van der Waals surface area contributed by atoms with Crippen LogP contribution in [-0.2, 0) is 0 Å². The topological polar surface area (TPSA) is 38.1 Å². The van der Waals surface area contributed by atoms with Crippen molar-refractivity contribution in [1.82, 2.24) is 10.5 Å². The maximum atomic E-state index is 5.33. The van der Waals surface area contributed by atoms with E-state index in [4.69, 9.17) is 4.52 Å². The zero-order valence-electron chi connectivity index (χ0n) is 13.1. The van der Waals surface area contributed by atoms with Crippen LogP contribution in [0.2, 0.25) is 0 Å². The fourth-order valence-corrected chi connectivity index (χ4v) is 4.55. The van der Waals surface area contributed by atoms with Gasteiger partial charge in [-0.1, -0.05) is 24.1 Å². The monoisotopic (exact) mass is 304 g/mol. The molecule has 2 aromatic rings. The van der Waals surface area contributed by atoms with Crippen molar-refractivity contribution in [3.63, 3.8) is 0 Å². The van der Waals surface area contributed by atoms with Gasteiger partial charge >= 0.3 is 0 Å². The predicted molar refractivity (Wildman–Crippen MR) is 86.5 cm³/mol. The van der Waals surface area contributed by atoms with Crippen molar-refractivity contribution in [1.29, 1.82) is 0 Å². The first kappa shape index (κ1) is 14.8. The molecular formula is C17H24N2OS. The van der Waals surface area contributed by atoms with Gasteiger partial charge in [0.2, 0.25) is 0 Å². The van der Waals surface area contributed by atoms with Crippen molar-refractivity contribution in [3.8, 4) is 0 Å². The van der Waals surface area contributed by atoms with Gasteiger partial charge in [-0.3, -0.25) is 0 Å². The van der Waals surface area contributed by atoms with E-state index in [1.165, 1.54) is 36.1 Å².